The third-order valence-corrected chi connectivity index (χ3v) is 4.36. The van der Waals surface area contributed by atoms with Crippen LogP contribution in [0.5, 0.6) is 0 Å². The Morgan fingerprint density at radius 3 is 2.47 bits per heavy atom. The van der Waals surface area contributed by atoms with Crippen molar-refractivity contribution in [3.8, 4) is 6.07 Å². The average molecular weight is 256 g/mol. The predicted octanol–water partition coefficient (Wildman–Crippen LogP) is 2.58. The molecule has 3 rings (SSSR count). The van der Waals surface area contributed by atoms with Gasteiger partial charge in [-0.1, -0.05) is 30.3 Å². The molecule has 0 N–H and O–H groups in total. The summed E-state index contributed by atoms with van der Waals surface area (Å²) in [7, 11) is 0. The number of hydrogen-bond donors (Lipinski definition) is 0. The van der Waals surface area contributed by atoms with Crippen molar-refractivity contribution in [1.29, 1.82) is 5.26 Å². The fourth-order valence-corrected chi connectivity index (χ4v) is 3.45. The van der Waals surface area contributed by atoms with Gasteiger partial charge in [0.25, 0.3) is 0 Å². The van der Waals surface area contributed by atoms with Crippen LogP contribution in [0.3, 0.4) is 0 Å². The molecule has 1 aromatic rings. The first kappa shape index (κ1) is 12.7. The van der Waals surface area contributed by atoms with E-state index in [9.17, 15) is 0 Å². The van der Waals surface area contributed by atoms with Crippen LogP contribution < -0.4 is 0 Å². The lowest BCUT2D eigenvalue weighted by Crippen LogP contribution is -2.56. The van der Waals surface area contributed by atoms with Crippen molar-refractivity contribution in [2.24, 2.45) is 5.92 Å². The number of fused-ring (bicyclic) bond motifs is 2. The van der Waals surface area contributed by atoms with Gasteiger partial charge in [0.15, 0.2) is 0 Å². The van der Waals surface area contributed by atoms with E-state index >= 15 is 0 Å². The molecule has 0 saturated carbocycles. The second-order valence-corrected chi connectivity index (χ2v) is 5.70. The summed E-state index contributed by atoms with van der Waals surface area (Å²) in [6, 6.07) is 14.0. The van der Waals surface area contributed by atoms with Gasteiger partial charge in [-0.3, -0.25) is 4.90 Å². The molecule has 3 heteroatoms. The fourth-order valence-electron chi connectivity index (χ4n) is 3.45. The molecule has 2 aliphatic heterocycles. The summed E-state index contributed by atoms with van der Waals surface area (Å²) in [4.78, 5) is 2.59. The van der Waals surface area contributed by atoms with Gasteiger partial charge in [0.2, 0.25) is 0 Å². The Morgan fingerprint density at radius 1 is 1.16 bits per heavy atom. The largest absolute Gasteiger partial charge is 0.378 e. The lowest BCUT2D eigenvalue weighted by atomic mass is 9.83. The maximum atomic E-state index is 8.89. The average Bonchev–Trinajstić information content (AvgIpc) is 2.41. The minimum Gasteiger partial charge on any atom is -0.378 e. The lowest BCUT2D eigenvalue weighted by molar-refractivity contribution is -0.0912. The van der Waals surface area contributed by atoms with E-state index < -0.39 is 0 Å². The fraction of sp³-hybridized carbons (Fsp3) is 0.562. The second kappa shape index (κ2) is 5.73. The smallest absolute Gasteiger partial charge is 0.0624 e. The first-order valence-corrected chi connectivity index (χ1v) is 7.11. The van der Waals surface area contributed by atoms with Gasteiger partial charge >= 0.3 is 0 Å². The Morgan fingerprint density at radius 2 is 1.84 bits per heavy atom. The standard InChI is InChI=1S/C16H20N2O/c17-7-6-14-8-15-11-19-12-16(9-14)18(15)10-13-4-2-1-3-5-13/h1-5,14-16H,6,8-12H2. The van der Waals surface area contributed by atoms with Gasteiger partial charge in [-0.25, -0.2) is 0 Å². The van der Waals surface area contributed by atoms with Crippen molar-refractivity contribution in [3.63, 3.8) is 0 Å². The van der Waals surface area contributed by atoms with Gasteiger partial charge in [0.05, 0.1) is 19.3 Å². The Balaban J connectivity index is 1.71. The maximum absolute atomic E-state index is 8.89. The molecule has 2 unspecified atom stereocenters. The van der Waals surface area contributed by atoms with Gasteiger partial charge in [-0.15, -0.1) is 0 Å². The normalized spacial score (nSPS) is 30.8. The number of morpholine rings is 1. The molecule has 3 nitrogen and oxygen atoms in total. The summed E-state index contributed by atoms with van der Waals surface area (Å²) in [5, 5.41) is 8.89. The third kappa shape index (κ3) is 2.80. The Labute approximate surface area is 114 Å². The van der Waals surface area contributed by atoms with Gasteiger partial charge < -0.3 is 4.74 Å². The molecule has 0 aliphatic carbocycles. The van der Waals surface area contributed by atoms with Crippen LogP contribution in [0.4, 0.5) is 0 Å². The summed E-state index contributed by atoms with van der Waals surface area (Å²) in [6.45, 7) is 2.66. The van der Waals surface area contributed by atoms with Gasteiger partial charge in [0.1, 0.15) is 0 Å². The van der Waals surface area contributed by atoms with Crippen molar-refractivity contribution in [2.75, 3.05) is 13.2 Å². The van der Waals surface area contributed by atoms with Crippen molar-refractivity contribution >= 4 is 0 Å². The van der Waals surface area contributed by atoms with Gasteiger partial charge in [0, 0.05) is 25.0 Å². The quantitative estimate of drug-likeness (QED) is 0.834. The topological polar surface area (TPSA) is 36.3 Å². The molecule has 2 saturated heterocycles. The summed E-state index contributed by atoms with van der Waals surface area (Å²) in [5.74, 6) is 0.566. The van der Waals surface area contributed by atoms with E-state index in [0.717, 1.165) is 32.6 Å². The van der Waals surface area contributed by atoms with Crippen LogP contribution in [0.25, 0.3) is 0 Å². The minimum absolute atomic E-state index is 0.492. The number of rotatable bonds is 3. The molecule has 100 valence electrons. The van der Waals surface area contributed by atoms with Crippen LogP contribution in [0.1, 0.15) is 24.8 Å². The van der Waals surface area contributed by atoms with Crippen LogP contribution in [-0.4, -0.2) is 30.2 Å². The molecule has 2 fully saturated rings. The first-order chi connectivity index (χ1) is 9.36. The van der Waals surface area contributed by atoms with E-state index in [2.05, 4.69) is 41.3 Å². The number of benzene rings is 1. The zero-order valence-electron chi connectivity index (χ0n) is 11.2. The number of nitriles is 1. The molecule has 0 radical (unpaired) electrons. The summed E-state index contributed by atoms with van der Waals surface area (Å²) in [6.07, 6.45) is 2.92. The van der Waals surface area contributed by atoms with E-state index in [1.807, 2.05) is 0 Å². The molecule has 1 aromatic carbocycles. The van der Waals surface area contributed by atoms with E-state index in [4.69, 9.17) is 10.00 Å². The van der Waals surface area contributed by atoms with E-state index in [1.54, 1.807) is 0 Å². The van der Waals surface area contributed by atoms with E-state index in [1.165, 1.54) is 5.56 Å². The van der Waals surface area contributed by atoms with Crippen LogP contribution in [0, 0.1) is 17.2 Å². The monoisotopic (exact) mass is 256 g/mol. The summed E-state index contributed by atoms with van der Waals surface area (Å²) < 4.78 is 5.71. The summed E-state index contributed by atoms with van der Waals surface area (Å²) in [5.41, 5.74) is 1.37. The zero-order chi connectivity index (χ0) is 13.1. The SMILES string of the molecule is N#CCC1CC2COCC(C1)N2Cc1ccccc1. The Bertz CT molecular complexity index is 440. The zero-order valence-corrected chi connectivity index (χ0v) is 11.2. The molecular formula is C16H20N2O. The predicted molar refractivity (Wildman–Crippen MR) is 73.3 cm³/mol. The molecule has 2 aliphatic rings. The third-order valence-electron chi connectivity index (χ3n) is 4.36. The highest BCUT2D eigenvalue weighted by molar-refractivity contribution is 5.15. The highest BCUT2D eigenvalue weighted by Gasteiger charge is 2.38. The number of ether oxygens (including phenoxy) is 1. The Kier molecular flexibility index (Phi) is 3.82. The number of nitrogens with zero attached hydrogens (tertiary/aromatic N) is 2. The molecule has 19 heavy (non-hydrogen) atoms. The molecule has 0 amide bonds. The molecular weight excluding hydrogens is 236 g/mol. The Hall–Kier alpha value is -1.37. The van der Waals surface area contributed by atoms with Crippen LogP contribution in [0.2, 0.25) is 0 Å². The molecule has 2 atom stereocenters. The van der Waals surface area contributed by atoms with E-state index in [-0.39, 0.29) is 0 Å². The summed E-state index contributed by atoms with van der Waals surface area (Å²) >= 11 is 0. The molecule has 2 bridgehead atoms. The van der Waals surface area contributed by atoms with Crippen molar-refractivity contribution in [3.05, 3.63) is 35.9 Å². The number of hydrogen-bond acceptors (Lipinski definition) is 3. The lowest BCUT2D eigenvalue weighted by Gasteiger charge is -2.48. The van der Waals surface area contributed by atoms with Crippen molar-refractivity contribution < 1.29 is 4.74 Å². The van der Waals surface area contributed by atoms with Gasteiger partial charge in [-0.05, 0) is 24.3 Å². The molecule has 2 heterocycles. The molecule has 0 spiro atoms. The molecule has 0 aromatic heterocycles. The van der Waals surface area contributed by atoms with Crippen molar-refractivity contribution in [1.82, 2.24) is 4.90 Å². The highest BCUT2D eigenvalue weighted by atomic mass is 16.5. The second-order valence-electron chi connectivity index (χ2n) is 5.70. The number of piperidine rings is 1. The van der Waals surface area contributed by atoms with Crippen LogP contribution in [0.15, 0.2) is 30.3 Å². The first-order valence-electron chi connectivity index (χ1n) is 7.11. The van der Waals surface area contributed by atoms with Crippen LogP contribution >= 0.6 is 0 Å². The van der Waals surface area contributed by atoms with Gasteiger partial charge in [-0.2, -0.15) is 5.26 Å². The van der Waals surface area contributed by atoms with E-state index in [0.29, 0.717) is 24.4 Å². The van der Waals surface area contributed by atoms with Crippen molar-refractivity contribution in [2.45, 2.75) is 37.9 Å². The minimum atomic E-state index is 0.492. The van der Waals surface area contributed by atoms with Crippen LogP contribution in [-0.2, 0) is 11.3 Å². The highest BCUT2D eigenvalue weighted by Crippen LogP contribution is 2.34. The maximum Gasteiger partial charge on any atom is 0.0624 e.